The number of benzene rings is 1. The number of anilines is 1. The highest BCUT2D eigenvalue weighted by Gasteiger charge is 2.48. The van der Waals surface area contributed by atoms with Gasteiger partial charge in [0.15, 0.2) is 5.65 Å². The van der Waals surface area contributed by atoms with E-state index in [1.807, 2.05) is 36.6 Å². The molecule has 0 saturated carbocycles. The molecular formula is C25H26N8O2. The number of carbonyl (C=O) groups excluding carboxylic acids is 1. The first-order valence-corrected chi connectivity index (χ1v) is 11.8. The van der Waals surface area contributed by atoms with Gasteiger partial charge in [-0.25, -0.2) is 24.9 Å². The number of ether oxygens (including phenoxy) is 1. The van der Waals surface area contributed by atoms with Crippen molar-refractivity contribution < 1.29 is 9.53 Å². The molecule has 3 aromatic heterocycles. The van der Waals surface area contributed by atoms with Gasteiger partial charge in [-0.1, -0.05) is 6.07 Å². The summed E-state index contributed by atoms with van der Waals surface area (Å²) in [4.78, 5) is 38.0. The molecule has 0 radical (unpaired) electrons. The van der Waals surface area contributed by atoms with Crippen LogP contribution in [0.3, 0.4) is 0 Å². The number of nitrogens with zero attached hydrogens (tertiary/aromatic N) is 7. The van der Waals surface area contributed by atoms with E-state index >= 15 is 0 Å². The van der Waals surface area contributed by atoms with Crippen LogP contribution in [0.1, 0.15) is 31.7 Å². The normalized spacial score (nSPS) is 20.3. The highest BCUT2D eigenvalue weighted by Crippen LogP contribution is 2.43. The number of hydrogen-bond donors (Lipinski definition) is 1. The average Bonchev–Trinajstić information content (AvgIpc) is 3.40. The van der Waals surface area contributed by atoms with Gasteiger partial charge in [-0.05, 0) is 39.3 Å². The fourth-order valence-electron chi connectivity index (χ4n) is 5.01. The Morgan fingerprint density at radius 3 is 2.71 bits per heavy atom. The Morgan fingerprint density at radius 1 is 1.14 bits per heavy atom. The lowest BCUT2D eigenvalue weighted by molar-refractivity contribution is -0.135. The van der Waals surface area contributed by atoms with E-state index in [4.69, 9.17) is 9.72 Å². The zero-order valence-electron chi connectivity index (χ0n) is 19.9. The van der Waals surface area contributed by atoms with E-state index in [1.165, 1.54) is 0 Å². The van der Waals surface area contributed by atoms with Crippen molar-refractivity contribution in [2.75, 3.05) is 25.2 Å². The van der Waals surface area contributed by atoms with Gasteiger partial charge in [0.2, 0.25) is 5.91 Å². The van der Waals surface area contributed by atoms with Gasteiger partial charge in [-0.2, -0.15) is 0 Å². The molecule has 0 bridgehead atoms. The second-order valence-corrected chi connectivity index (χ2v) is 9.03. The summed E-state index contributed by atoms with van der Waals surface area (Å²) in [5, 5.41) is 3.05. The van der Waals surface area contributed by atoms with Crippen LogP contribution in [0.5, 0.6) is 0 Å². The van der Waals surface area contributed by atoms with Gasteiger partial charge in [0.05, 0.1) is 5.56 Å². The molecule has 10 nitrogen and oxygen atoms in total. The molecule has 5 heterocycles. The minimum atomic E-state index is -0.814. The van der Waals surface area contributed by atoms with E-state index in [0.717, 1.165) is 52.5 Å². The van der Waals surface area contributed by atoms with Gasteiger partial charge in [-0.15, -0.1) is 0 Å². The summed E-state index contributed by atoms with van der Waals surface area (Å²) in [6.45, 7) is 8.50. The predicted molar refractivity (Wildman–Crippen MR) is 130 cm³/mol. The first-order valence-electron chi connectivity index (χ1n) is 11.8. The fraction of sp³-hybridized carbons (Fsp3) is 0.360. The summed E-state index contributed by atoms with van der Waals surface area (Å²) < 4.78 is 7.72. The average molecular weight is 471 g/mol. The van der Waals surface area contributed by atoms with Crippen LogP contribution in [-0.2, 0) is 21.6 Å². The Morgan fingerprint density at radius 2 is 1.97 bits per heavy atom. The predicted octanol–water partition coefficient (Wildman–Crippen LogP) is 3.13. The van der Waals surface area contributed by atoms with E-state index in [1.54, 1.807) is 18.7 Å². The van der Waals surface area contributed by atoms with Crippen LogP contribution in [0.4, 0.5) is 5.69 Å². The van der Waals surface area contributed by atoms with Gasteiger partial charge >= 0.3 is 0 Å². The Hall–Kier alpha value is -3.76. The van der Waals surface area contributed by atoms with Crippen molar-refractivity contribution in [2.24, 2.45) is 0 Å². The molecular weight excluding hydrogens is 444 g/mol. The van der Waals surface area contributed by atoms with E-state index in [9.17, 15) is 4.79 Å². The molecule has 35 heavy (non-hydrogen) atoms. The highest BCUT2D eigenvalue weighted by atomic mass is 16.5. The van der Waals surface area contributed by atoms with Crippen LogP contribution >= 0.6 is 0 Å². The first kappa shape index (κ1) is 21.8. The lowest BCUT2D eigenvalue weighted by Gasteiger charge is -2.38. The SMILES string of the molecule is CCn1c(-c2cnc(C)nc2)nc2c(-c3ccc4c(c3)C(C)(N3CCCOC3)C(=O)N4)ncnc21. The number of aryl methyl sites for hydroxylation is 2. The summed E-state index contributed by atoms with van der Waals surface area (Å²) in [7, 11) is 0. The summed E-state index contributed by atoms with van der Waals surface area (Å²) in [5.74, 6) is 1.41. The smallest absolute Gasteiger partial charge is 0.249 e. The highest BCUT2D eigenvalue weighted by molar-refractivity contribution is 6.06. The van der Waals surface area contributed by atoms with Gasteiger partial charge in [0, 0.05) is 48.9 Å². The number of carbonyl (C=O) groups is 1. The largest absolute Gasteiger partial charge is 0.366 e. The van der Waals surface area contributed by atoms with Crippen LogP contribution in [0.15, 0.2) is 36.9 Å². The molecule has 2 aliphatic heterocycles. The van der Waals surface area contributed by atoms with Crippen molar-refractivity contribution in [3.63, 3.8) is 0 Å². The first-order chi connectivity index (χ1) is 17.0. The molecule has 1 atom stereocenters. The van der Waals surface area contributed by atoms with Gasteiger partial charge < -0.3 is 14.6 Å². The summed E-state index contributed by atoms with van der Waals surface area (Å²) in [6.07, 6.45) is 6.02. The topological polar surface area (TPSA) is 111 Å². The van der Waals surface area contributed by atoms with Gasteiger partial charge in [0.1, 0.15) is 41.5 Å². The lowest BCUT2D eigenvalue weighted by Crippen LogP contribution is -2.52. The van der Waals surface area contributed by atoms with Crippen molar-refractivity contribution in [3.8, 4) is 22.6 Å². The molecule has 1 fully saturated rings. The van der Waals surface area contributed by atoms with Crippen molar-refractivity contribution in [1.29, 1.82) is 0 Å². The molecule has 1 amide bonds. The molecule has 2 aliphatic rings. The number of hydrogen-bond acceptors (Lipinski definition) is 8. The lowest BCUT2D eigenvalue weighted by atomic mass is 9.89. The number of aromatic nitrogens is 6. The number of imidazole rings is 1. The maximum Gasteiger partial charge on any atom is 0.249 e. The number of amides is 1. The van der Waals surface area contributed by atoms with Crippen LogP contribution in [0.2, 0.25) is 0 Å². The molecule has 0 aliphatic carbocycles. The second-order valence-electron chi connectivity index (χ2n) is 9.03. The number of nitrogens with one attached hydrogen (secondary N) is 1. The molecule has 0 spiro atoms. The standard InChI is InChI=1S/C25H26N8O2/c1-4-33-22(17-11-26-15(2)27-12-17)31-21-20(28-13-29-23(21)33)16-6-7-19-18(10-16)25(3,24(34)30-19)32-8-5-9-35-14-32/h6-7,10-13H,4-5,8-9,14H2,1-3H3,(H,30,34). The number of fused-ring (bicyclic) bond motifs is 2. The van der Waals surface area contributed by atoms with Crippen LogP contribution in [0, 0.1) is 6.92 Å². The summed E-state index contributed by atoms with van der Waals surface area (Å²) in [6, 6.07) is 5.96. The van der Waals surface area contributed by atoms with Crippen molar-refractivity contribution >= 4 is 22.8 Å². The summed E-state index contributed by atoms with van der Waals surface area (Å²) >= 11 is 0. The Kier molecular flexibility index (Phi) is 5.08. The zero-order valence-corrected chi connectivity index (χ0v) is 19.9. The van der Waals surface area contributed by atoms with E-state index in [0.29, 0.717) is 31.2 Å². The molecule has 178 valence electrons. The van der Waals surface area contributed by atoms with E-state index in [2.05, 4.69) is 37.1 Å². The molecule has 6 rings (SSSR count). The second kappa shape index (κ2) is 8.17. The maximum absolute atomic E-state index is 13.1. The van der Waals surface area contributed by atoms with Gasteiger partial charge in [0.25, 0.3) is 0 Å². The van der Waals surface area contributed by atoms with E-state index < -0.39 is 5.54 Å². The zero-order chi connectivity index (χ0) is 24.2. The fourth-order valence-corrected chi connectivity index (χ4v) is 5.01. The third-order valence-corrected chi connectivity index (χ3v) is 6.99. The molecule has 1 saturated heterocycles. The minimum absolute atomic E-state index is 0.0418. The minimum Gasteiger partial charge on any atom is -0.366 e. The molecule has 4 aromatic rings. The van der Waals surface area contributed by atoms with Crippen LogP contribution in [-0.4, -0.2) is 60.2 Å². The third-order valence-electron chi connectivity index (χ3n) is 6.99. The molecule has 1 N–H and O–H groups in total. The van der Waals surface area contributed by atoms with Crippen molar-refractivity contribution in [3.05, 3.63) is 48.3 Å². The Balaban J connectivity index is 1.50. The van der Waals surface area contributed by atoms with Crippen LogP contribution < -0.4 is 5.32 Å². The van der Waals surface area contributed by atoms with Crippen LogP contribution in [0.25, 0.3) is 33.8 Å². The maximum atomic E-state index is 13.1. The van der Waals surface area contributed by atoms with Crippen molar-refractivity contribution in [2.45, 2.75) is 39.3 Å². The molecule has 10 heteroatoms. The summed E-state index contributed by atoms with van der Waals surface area (Å²) in [5.41, 5.74) is 4.78. The van der Waals surface area contributed by atoms with Crippen molar-refractivity contribution in [1.82, 2.24) is 34.4 Å². The third kappa shape index (κ3) is 3.32. The number of rotatable bonds is 4. The quantitative estimate of drug-likeness (QED) is 0.484. The van der Waals surface area contributed by atoms with E-state index in [-0.39, 0.29) is 5.91 Å². The molecule has 1 unspecified atom stereocenters. The molecule has 1 aromatic carbocycles. The Bertz CT molecular complexity index is 1440. The monoisotopic (exact) mass is 470 g/mol. The Labute approximate surface area is 202 Å². The van der Waals surface area contributed by atoms with Gasteiger partial charge in [-0.3, -0.25) is 9.69 Å².